The Hall–Kier alpha value is -1.95. The molecule has 0 spiro atoms. The molecule has 30 heavy (non-hydrogen) atoms. The van der Waals surface area contributed by atoms with Crippen LogP contribution in [0.4, 0.5) is 11.4 Å². The van der Waals surface area contributed by atoms with E-state index in [0.717, 1.165) is 5.69 Å². The van der Waals surface area contributed by atoms with Gasteiger partial charge in [0.1, 0.15) is 0 Å². The largest absolute Gasteiger partial charge is 0.367 e. The van der Waals surface area contributed by atoms with Gasteiger partial charge >= 0.3 is 0 Å². The highest BCUT2D eigenvalue weighted by Crippen LogP contribution is 2.31. The fraction of sp³-hybridized carbons (Fsp3) is 0.364. The average Bonchev–Trinajstić information content (AvgIpc) is 2.67. The van der Waals surface area contributed by atoms with E-state index in [1.54, 1.807) is 24.3 Å². The highest BCUT2D eigenvalue weighted by Gasteiger charge is 2.30. The Morgan fingerprint density at radius 2 is 1.57 bits per heavy atom. The van der Waals surface area contributed by atoms with E-state index in [1.807, 2.05) is 31.7 Å². The fourth-order valence-electron chi connectivity index (χ4n) is 3.34. The molecule has 1 heterocycles. The van der Waals surface area contributed by atoms with Gasteiger partial charge in [-0.05, 0) is 36.4 Å². The van der Waals surface area contributed by atoms with Crippen molar-refractivity contribution in [1.82, 2.24) is 4.90 Å². The molecule has 0 unspecified atom stereocenters. The molecule has 2 amide bonds. The average molecular weight is 469 g/mol. The Kier molecular flexibility index (Phi) is 6.85. The number of hydrogen-bond donors (Lipinski definition) is 1. The Morgan fingerprint density at radius 1 is 0.900 bits per heavy atom. The number of carbonyl (C=O) groups is 2. The molecule has 160 valence electrons. The van der Waals surface area contributed by atoms with Gasteiger partial charge in [-0.2, -0.15) is 0 Å². The van der Waals surface area contributed by atoms with Crippen molar-refractivity contribution < 1.29 is 9.59 Å². The van der Waals surface area contributed by atoms with Gasteiger partial charge in [0, 0.05) is 42.3 Å². The van der Waals surface area contributed by atoms with Crippen LogP contribution in [0.1, 0.15) is 31.1 Å². The number of nitrogens with one attached hydrogen (secondary N) is 1. The lowest BCUT2D eigenvalue weighted by Gasteiger charge is -2.39. The Morgan fingerprint density at radius 3 is 2.13 bits per heavy atom. The van der Waals surface area contributed by atoms with Crippen LogP contribution in [-0.4, -0.2) is 42.9 Å². The van der Waals surface area contributed by atoms with Crippen molar-refractivity contribution in [3.05, 3.63) is 57.0 Å². The van der Waals surface area contributed by atoms with Crippen LogP contribution in [0.25, 0.3) is 0 Å². The van der Waals surface area contributed by atoms with Crippen LogP contribution in [0.2, 0.25) is 15.1 Å². The summed E-state index contributed by atoms with van der Waals surface area (Å²) in [6, 6.07) is 10.1. The topological polar surface area (TPSA) is 52.7 Å². The van der Waals surface area contributed by atoms with Gasteiger partial charge in [-0.1, -0.05) is 55.6 Å². The van der Waals surface area contributed by atoms with Crippen LogP contribution < -0.4 is 10.2 Å². The maximum Gasteiger partial charge on any atom is 0.257 e. The second-order valence-electron chi connectivity index (χ2n) is 8.27. The van der Waals surface area contributed by atoms with Crippen molar-refractivity contribution >= 4 is 58.0 Å². The first kappa shape index (κ1) is 22.7. The molecule has 0 aromatic heterocycles. The molecule has 0 aliphatic carbocycles. The molecule has 1 aliphatic heterocycles. The Bertz CT molecular complexity index is 965. The van der Waals surface area contributed by atoms with Crippen molar-refractivity contribution in [2.45, 2.75) is 20.8 Å². The Labute approximate surface area is 191 Å². The maximum absolute atomic E-state index is 12.5. The first-order valence-corrected chi connectivity index (χ1v) is 10.8. The van der Waals surface area contributed by atoms with Crippen molar-refractivity contribution in [2.75, 3.05) is 36.4 Å². The first-order valence-electron chi connectivity index (χ1n) is 9.66. The predicted octanol–water partition coefficient (Wildman–Crippen LogP) is 5.59. The number of rotatable bonds is 3. The van der Waals surface area contributed by atoms with E-state index >= 15 is 0 Å². The lowest BCUT2D eigenvalue weighted by Crippen LogP contribution is -2.51. The minimum absolute atomic E-state index is 0.159. The molecule has 2 aromatic carbocycles. The zero-order valence-electron chi connectivity index (χ0n) is 17.1. The van der Waals surface area contributed by atoms with Crippen LogP contribution >= 0.6 is 34.8 Å². The summed E-state index contributed by atoms with van der Waals surface area (Å²) in [5.74, 6) is -0.179. The van der Waals surface area contributed by atoms with Gasteiger partial charge < -0.3 is 15.1 Å². The number of hydrogen-bond acceptors (Lipinski definition) is 3. The van der Waals surface area contributed by atoms with Crippen LogP contribution in [-0.2, 0) is 4.79 Å². The van der Waals surface area contributed by atoms with E-state index in [0.29, 0.717) is 47.5 Å². The molecular weight excluding hydrogens is 445 g/mol. The fourth-order valence-corrected chi connectivity index (χ4v) is 4.13. The minimum atomic E-state index is -0.382. The van der Waals surface area contributed by atoms with Crippen molar-refractivity contribution in [3.8, 4) is 0 Å². The zero-order chi connectivity index (χ0) is 22.1. The quantitative estimate of drug-likeness (QED) is 0.638. The number of anilines is 2. The smallest absolute Gasteiger partial charge is 0.257 e. The van der Waals surface area contributed by atoms with Gasteiger partial charge in [0.2, 0.25) is 5.91 Å². The van der Waals surface area contributed by atoms with E-state index in [4.69, 9.17) is 34.8 Å². The van der Waals surface area contributed by atoms with Crippen LogP contribution in [0.3, 0.4) is 0 Å². The molecule has 0 saturated carbocycles. The third-order valence-corrected chi connectivity index (χ3v) is 5.78. The lowest BCUT2D eigenvalue weighted by atomic mass is 9.94. The molecule has 0 bridgehead atoms. The summed E-state index contributed by atoms with van der Waals surface area (Å²) in [6.07, 6.45) is 0. The monoisotopic (exact) mass is 467 g/mol. The van der Waals surface area contributed by atoms with Crippen molar-refractivity contribution in [1.29, 1.82) is 0 Å². The standard InChI is InChI=1S/C22H24Cl3N3O2/c1-22(2,3)21(30)28-10-8-27(9-11-28)19-7-5-15(13-18(19)25)26-20(29)16-6-4-14(23)12-17(16)24/h4-7,12-13H,8-11H2,1-3H3,(H,26,29). The summed E-state index contributed by atoms with van der Waals surface area (Å²) >= 11 is 18.5. The van der Waals surface area contributed by atoms with Gasteiger partial charge in [-0.25, -0.2) is 0 Å². The zero-order valence-corrected chi connectivity index (χ0v) is 19.4. The van der Waals surface area contributed by atoms with Crippen LogP contribution in [0, 0.1) is 5.41 Å². The molecule has 1 fully saturated rings. The van der Waals surface area contributed by atoms with Gasteiger partial charge in [-0.3, -0.25) is 9.59 Å². The van der Waals surface area contributed by atoms with E-state index in [1.165, 1.54) is 6.07 Å². The number of piperazine rings is 1. The van der Waals surface area contributed by atoms with E-state index in [-0.39, 0.29) is 22.3 Å². The maximum atomic E-state index is 12.5. The summed E-state index contributed by atoms with van der Waals surface area (Å²) in [7, 11) is 0. The summed E-state index contributed by atoms with van der Waals surface area (Å²) in [6.45, 7) is 8.51. The second kappa shape index (κ2) is 9.04. The van der Waals surface area contributed by atoms with Gasteiger partial charge in [-0.15, -0.1) is 0 Å². The number of halogens is 3. The highest BCUT2D eigenvalue weighted by molar-refractivity contribution is 6.37. The number of amides is 2. The van der Waals surface area contributed by atoms with E-state index in [9.17, 15) is 9.59 Å². The van der Waals surface area contributed by atoms with E-state index < -0.39 is 0 Å². The first-order chi connectivity index (χ1) is 14.1. The summed E-state index contributed by atoms with van der Waals surface area (Å²) in [4.78, 5) is 29.0. The molecule has 5 nitrogen and oxygen atoms in total. The second-order valence-corrected chi connectivity index (χ2v) is 9.52. The van der Waals surface area contributed by atoms with Gasteiger partial charge in [0.25, 0.3) is 5.91 Å². The SMILES string of the molecule is CC(C)(C)C(=O)N1CCN(c2ccc(NC(=O)c3ccc(Cl)cc3Cl)cc2Cl)CC1. The molecule has 1 aliphatic rings. The Balaban J connectivity index is 1.66. The van der Waals surface area contributed by atoms with Gasteiger partial charge in [0.05, 0.1) is 21.3 Å². The number of nitrogens with zero attached hydrogens (tertiary/aromatic N) is 2. The van der Waals surface area contributed by atoms with Crippen molar-refractivity contribution in [3.63, 3.8) is 0 Å². The number of benzene rings is 2. The third kappa shape index (κ3) is 5.20. The highest BCUT2D eigenvalue weighted by atomic mass is 35.5. The summed E-state index contributed by atoms with van der Waals surface area (Å²) < 4.78 is 0. The van der Waals surface area contributed by atoms with Gasteiger partial charge in [0.15, 0.2) is 0 Å². The normalized spacial score (nSPS) is 14.6. The molecule has 0 atom stereocenters. The molecule has 2 aromatic rings. The van der Waals surface area contributed by atoms with Crippen LogP contribution in [0.15, 0.2) is 36.4 Å². The number of carbonyl (C=O) groups excluding carboxylic acids is 2. The minimum Gasteiger partial charge on any atom is -0.367 e. The van der Waals surface area contributed by atoms with Crippen LogP contribution in [0.5, 0.6) is 0 Å². The predicted molar refractivity (Wildman–Crippen MR) is 124 cm³/mol. The van der Waals surface area contributed by atoms with E-state index in [2.05, 4.69) is 10.2 Å². The van der Waals surface area contributed by atoms with Crippen molar-refractivity contribution in [2.24, 2.45) is 5.41 Å². The summed E-state index contributed by atoms with van der Waals surface area (Å²) in [5, 5.41) is 4.09. The summed E-state index contributed by atoms with van der Waals surface area (Å²) in [5.41, 5.74) is 1.40. The molecule has 0 radical (unpaired) electrons. The molecule has 8 heteroatoms. The molecular formula is C22H24Cl3N3O2. The third-order valence-electron chi connectivity index (χ3n) is 4.93. The molecule has 1 saturated heterocycles. The lowest BCUT2D eigenvalue weighted by molar-refractivity contribution is -0.139. The molecule has 3 rings (SSSR count). The molecule has 1 N–H and O–H groups in total.